The molecule has 0 aliphatic rings. The number of para-hydroxylation sites is 3. The van der Waals surface area contributed by atoms with Gasteiger partial charge in [0.1, 0.15) is 0 Å². The molecule has 1 heterocycles. The third kappa shape index (κ3) is 5.35. The van der Waals surface area contributed by atoms with Crippen LogP contribution in [-0.2, 0) is 11.3 Å². The van der Waals surface area contributed by atoms with E-state index in [0.29, 0.717) is 28.6 Å². The highest BCUT2D eigenvalue weighted by molar-refractivity contribution is 7.99. The molecule has 4 aromatic rings. The molecule has 0 radical (unpaired) electrons. The number of fused-ring (bicyclic) bond motifs is 1. The van der Waals surface area contributed by atoms with E-state index in [4.69, 9.17) is 26.1 Å². The Hall–Kier alpha value is -3.49. The zero-order valence-electron chi connectivity index (χ0n) is 18.7. The Morgan fingerprint density at radius 3 is 2.68 bits per heavy atom. The Kier molecular flexibility index (Phi) is 7.72. The average Bonchev–Trinajstić information content (AvgIpc) is 3.21. The maximum Gasteiger partial charge on any atom is 0.250 e. The number of thioether (sulfide) groups is 1. The first-order valence-electron chi connectivity index (χ1n) is 10.4. The van der Waals surface area contributed by atoms with Crippen molar-refractivity contribution in [2.75, 3.05) is 20.0 Å². The van der Waals surface area contributed by atoms with Crippen LogP contribution in [0, 0.1) is 0 Å². The molecule has 9 heteroatoms. The van der Waals surface area contributed by atoms with Gasteiger partial charge in [0.15, 0.2) is 16.7 Å². The summed E-state index contributed by atoms with van der Waals surface area (Å²) in [6, 6.07) is 21.0. The van der Waals surface area contributed by atoms with Crippen molar-refractivity contribution in [2.24, 2.45) is 5.10 Å². The lowest BCUT2D eigenvalue weighted by Gasteiger charge is -2.10. The predicted octanol–water partition coefficient (Wildman–Crippen LogP) is 5.00. The minimum absolute atomic E-state index is 0.151. The highest BCUT2D eigenvalue weighted by atomic mass is 35.5. The second-order valence-corrected chi connectivity index (χ2v) is 8.57. The molecule has 0 unspecified atom stereocenters. The van der Waals surface area contributed by atoms with Gasteiger partial charge in [-0.1, -0.05) is 59.8 Å². The van der Waals surface area contributed by atoms with E-state index in [9.17, 15) is 4.79 Å². The van der Waals surface area contributed by atoms with Crippen LogP contribution in [0.2, 0.25) is 5.02 Å². The molecule has 0 saturated carbocycles. The number of methoxy groups -OCH3 is 2. The number of rotatable bonds is 9. The van der Waals surface area contributed by atoms with E-state index < -0.39 is 0 Å². The van der Waals surface area contributed by atoms with Crippen LogP contribution in [-0.4, -0.2) is 41.6 Å². The van der Waals surface area contributed by atoms with Crippen LogP contribution in [0.15, 0.2) is 77.0 Å². The number of hydrogen-bond donors (Lipinski definition) is 1. The number of benzene rings is 3. The molecule has 1 aromatic heterocycles. The number of nitrogens with one attached hydrogen (secondary N) is 1. The maximum absolute atomic E-state index is 12.5. The third-order valence-corrected chi connectivity index (χ3v) is 6.41. The van der Waals surface area contributed by atoms with Crippen LogP contribution in [0.4, 0.5) is 0 Å². The number of ether oxygens (including phenoxy) is 2. The minimum atomic E-state index is -0.250. The molecule has 0 atom stereocenters. The fraction of sp³-hybridized carbons (Fsp3) is 0.160. The quantitative estimate of drug-likeness (QED) is 0.201. The van der Waals surface area contributed by atoms with Gasteiger partial charge in [-0.3, -0.25) is 4.79 Å². The second-order valence-electron chi connectivity index (χ2n) is 7.23. The molecule has 3 aromatic carbocycles. The normalized spacial score (nSPS) is 11.1. The molecule has 7 nitrogen and oxygen atoms in total. The molecule has 0 bridgehead atoms. The van der Waals surface area contributed by atoms with Crippen LogP contribution in [0.25, 0.3) is 11.0 Å². The number of carbonyl (C=O) groups excluding carboxylic acids is 1. The highest BCUT2D eigenvalue weighted by Gasteiger charge is 2.14. The number of hydrazone groups is 1. The Balaban J connectivity index is 1.46. The number of amides is 1. The van der Waals surface area contributed by atoms with Crippen LogP contribution in [0.1, 0.15) is 11.1 Å². The van der Waals surface area contributed by atoms with E-state index in [2.05, 4.69) is 15.1 Å². The molecule has 34 heavy (non-hydrogen) atoms. The largest absolute Gasteiger partial charge is 0.493 e. The lowest BCUT2D eigenvalue weighted by Crippen LogP contribution is -2.20. The Morgan fingerprint density at radius 2 is 1.88 bits per heavy atom. The summed E-state index contributed by atoms with van der Waals surface area (Å²) in [5, 5.41) is 5.49. The number of nitrogens with zero attached hydrogens (tertiary/aromatic N) is 3. The topological polar surface area (TPSA) is 77.7 Å². The van der Waals surface area contributed by atoms with Crippen LogP contribution < -0.4 is 14.9 Å². The molecule has 1 N–H and O–H groups in total. The highest BCUT2D eigenvalue weighted by Crippen LogP contribution is 2.29. The van der Waals surface area contributed by atoms with E-state index in [1.54, 1.807) is 20.3 Å². The second kappa shape index (κ2) is 11.1. The van der Waals surface area contributed by atoms with Crippen molar-refractivity contribution in [1.82, 2.24) is 15.0 Å². The van der Waals surface area contributed by atoms with Crippen molar-refractivity contribution < 1.29 is 14.3 Å². The molecular weight excluding hydrogens is 472 g/mol. The van der Waals surface area contributed by atoms with E-state index in [1.807, 2.05) is 60.7 Å². The summed E-state index contributed by atoms with van der Waals surface area (Å²) in [5.74, 6) is 1.04. The zero-order valence-corrected chi connectivity index (χ0v) is 20.3. The first kappa shape index (κ1) is 23.7. The summed E-state index contributed by atoms with van der Waals surface area (Å²) >= 11 is 7.73. The standard InChI is InChI=1S/C25H23ClN4O3S/c1-32-22-13-7-9-17(24(22)33-2)14-27-29-23(31)16-34-25-28-20-11-5-6-12-21(20)30(25)15-18-8-3-4-10-19(18)26/h3-14H,15-16H2,1-2H3,(H,29,31)/b27-14-. The molecule has 0 saturated heterocycles. The average molecular weight is 495 g/mol. The first-order valence-corrected chi connectivity index (χ1v) is 11.8. The minimum Gasteiger partial charge on any atom is -0.493 e. The summed E-state index contributed by atoms with van der Waals surface area (Å²) < 4.78 is 12.7. The predicted molar refractivity (Wildman–Crippen MR) is 136 cm³/mol. The number of hydrogen-bond acceptors (Lipinski definition) is 6. The van der Waals surface area contributed by atoms with Crippen LogP contribution >= 0.6 is 23.4 Å². The van der Waals surface area contributed by atoms with Crippen molar-refractivity contribution in [2.45, 2.75) is 11.7 Å². The molecule has 0 fully saturated rings. The Morgan fingerprint density at radius 1 is 1.09 bits per heavy atom. The Labute approximate surface area is 206 Å². The van der Waals surface area contributed by atoms with Gasteiger partial charge in [-0.25, -0.2) is 10.4 Å². The summed E-state index contributed by atoms with van der Waals surface area (Å²) in [7, 11) is 3.12. The van der Waals surface area contributed by atoms with Crippen molar-refractivity contribution in [3.05, 3.63) is 82.9 Å². The van der Waals surface area contributed by atoms with Gasteiger partial charge < -0.3 is 14.0 Å². The number of carbonyl (C=O) groups is 1. The van der Waals surface area contributed by atoms with Crippen molar-refractivity contribution in [3.63, 3.8) is 0 Å². The number of aromatic nitrogens is 2. The monoisotopic (exact) mass is 494 g/mol. The van der Waals surface area contributed by atoms with Crippen molar-refractivity contribution >= 4 is 46.5 Å². The van der Waals surface area contributed by atoms with Crippen molar-refractivity contribution in [1.29, 1.82) is 0 Å². The fourth-order valence-electron chi connectivity index (χ4n) is 3.46. The summed E-state index contributed by atoms with van der Waals surface area (Å²) in [6.45, 7) is 0.553. The fourth-order valence-corrected chi connectivity index (χ4v) is 4.47. The van der Waals surface area contributed by atoms with E-state index in [1.165, 1.54) is 18.0 Å². The molecule has 4 rings (SSSR count). The van der Waals surface area contributed by atoms with Gasteiger partial charge in [0.25, 0.3) is 5.91 Å². The van der Waals surface area contributed by atoms with E-state index in [0.717, 1.165) is 21.8 Å². The maximum atomic E-state index is 12.5. The zero-order chi connectivity index (χ0) is 23.9. The summed E-state index contributed by atoms with van der Waals surface area (Å²) in [4.78, 5) is 17.2. The molecular formula is C25H23ClN4O3S. The lowest BCUT2D eigenvalue weighted by molar-refractivity contribution is -0.118. The lowest BCUT2D eigenvalue weighted by atomic mass is 10.2. The SMILES string of the molecule is COc1cccc(/C=N\NC(=O)CSc2nc3ccccc3n2Cc2ccccc2Cl)c1OC. The summed E-state index contributed by atoms with van der Waals surface area (Å²) in [6.07, 6.45) is 1.52. The van der Waals surface area contributed by atoms with Gasteiger partial charge in [0.05, 0.1) is 43.8 Å². The smallest absolute Gasteiger partial charge is 0.250 e. The van der Waals surface area contributed by atoms with Gasteiger partial charge in [-0.05, 0) is 35.9 Å². The van der Waals surface area contributed by atoms with Gasteiger partial charge >= 0.3 is 0 Å². The van der Waals surface area contributed by atoms with E-state index >= 15 is 0 Å². The number of imidazole rings is 1. The molecule has 0 aliphatic carbocycles. The third-order valence-electron chi connectivity index (χ3n) is 5.06. The number of halogens is 1. The molecule has 1 amide bonds. The van der Waals surface area contributed by atoms with Gasteiger partial charge in [0.2, 0.25) is 0 Å². The van der Waals surface area contributed by atoms with Crippen LogP contribution in [0.5, 0.6) is 11.5 Å². The molecule has 0 aliphatic heterocycles. The van der Waals surface area contributed by atoms with Gasteiger partial charge in [-0.2, -0.15) is 5.10 Å². The van der Waals surface area contributed by atoms with E-state index in [-0.39, 0.29) is 11.7 Å². The van der Waals surface area contributed by atoms with Gasteiger partial charge in [0, 0.05) is 10.6 Å². The first-order chi connectivity index (χ1) is 16.6. The van der Waals surface area contributed by atoms with Crippen molar-refractivity contribution in [3.8, 4) is 11.5 Å². The Bertz CT molecular complexity index is 1340. The van der Waals surface area contributed by atoms with Crippen LogP contribution in [0.3, 0.4) is 0 Å². The van der Waals surface area contributed by atoms with Gasteiger partial charge in [-0.15, -0.1) is 0 Å². The molecule has 174 valence electrons. The molecule has 0 spiro atoms. The summed E-state index contributed by atoms with van der Waals surface area (Å²) in [5.41, 5.74) is 6.07.